The van der Waals surface area contributed by atoms with Crippen LogP contribution in [0.3, 0.4) is 0 Å². The van der Waals surface area contributed by atoms with E-state index in [-0.39, 0.29) is 42.9 Å². The molecule has 3 fully saturated rings. The van der Waals surface area contributed by atoms with Crippen LogP contribution in [0.2, 0.25) is 0 Å². The molecule has 2 aromatic carbocycles. The number of benzene rings is 2. The number of fused-ring (bicyclic) bond motifs is 1. The molecule has 3 saturated carbocycles. The summed E-state index contributed by atoms with van der Waals surface area (Å²) < 4.78 is 87.4. The van der Waals surface area contributed by atoms with Gasteiger partial charge < -0.3 is 9.84 Å². The van der Waals surface area contributed by atoms with Crippen LogP contribution in [0.5, 0.6) is 5.75 Å². The van der Waals surface area contributed by atoms with Crippen molar-refractivity contribution in [2.75, 3.05) is 0 Å². The number of hydrogen-bond acceptors (Lipinski definition) is 3. The van der Waals surface area contributed by atoms with Crippen LogP contribution in [0.4, 0.5) is 26.3 Å². The average molecular weight is 558 g/mol. The number of aliphatic carboxylic acids is 1. The summed E-state index contributed by atoms with van der Waals surface area (Å²) in [6, 6.07) is 8.11. The highest BCUT2D eigenvalue weighted by Crippen LogP contribution is 2.52. The standard InChI is InChI=1S/C29H33F6NO3/c1-27(2)22(26(37)38)14-24(27)36(19-7-8-19)15-16-3-11-21-17(13-16)4-12-23(25(21)29(33,34)35)39-20-9-5-18(6-10-20)28(30,31)32/h3-4,11-13,18-20,22,24H,5-10,14-15H2,1-2H3,(H,37,38). The molecule has 214 valence electrons. The quantitative estimate of drug-likeness (QED) is 0.353. The highest BCUT2D eigenvalue weighted by atomic mass is 19.4. The maximum absolute atomic E-state index is 14.2. The molecule has 0 amide bonds. The van der Waals surface area contributed by atoms with Gasteiger partial charge >= 0.3 is 18.3 Å². The smallest absolute Gasteiger partial charge is 0.420 e. The number of rotatable bonds is 7. The van der Waals surface area contributed by atoms with Crippen LogP contribution in [0.15, 0.2) is 30.3 Å². The van der Waals surface area contributed by atoms with Crippen LogP contribution in [0, 0.1) is 17.3 Å². The van der Waals surface area contributed by atoms with Gasteiger partial charge in [0.2, 0.25) is 0 Å². The van der Waals surface area contributed by atoms with E-state index in [2.05, 4.69) is 4.90 Å². The summed E-state index contributed by atoms with van der Waals surface area (Å²) in [7, 11) is 0. The van der Waals surface area contributed by atoms with E-state index in [0.29, 0.717) is 24.4 Å². The third-order valence-electron chi connectivity index (χ3n) is 9.06. The summed E-state index contributed by atoms with van der Waals surface area (Å²) in [6.45, 7) is 4.44. The Morgan fingerprint density at radius 2 is 1.67 bits per heavy atom. The first kappa shape index (κ1) is 28.1. The van der Waals surface area contributed by atoms with Crippen LogP contribution in [0.25, 0.3) is 10.8 Å². The molecule has 0 radical (unpaired) electrons. The van der Waals surface area contributed by atoms with Crippen molar-refractivity contribution in [2.24, 2.45) is 17.3 Å². The Morgan fingerprint density at radius 1 is 1.00 bits per heavy atom. The van der Waals surface area contributed by atoms with Gasteiger partial charge in [0.05, 0.1) is 17.9 Å². The minimum absolute atomic E-state index is 0.0133. The lowest BCUT2D eigenvalue weighted by atomic mass is 9.58. The van der Waals surface area contributed by atoms with Gasteiger partial charge in [0.15, 0.2) is 0 Å². The fourth-order valence-corrected chi connectivity index (χ4v) is 6.53. The zero-order valence-corrected chi connectivity index (χ0v) is 21.9. The third kappa shape index (κ3) is 5.58. The van der Waals surface area contributed by atoms with E-state index in [9.17, 15) is 36.2 Å². The second-order valence-corrected chi connectivity index (χ2v) is 12.0. The molecule has 2 atom stereocenters. The molecule has 0 bridgehead atoms. The van der Waals surface area contributed by atoms with Gasteiger partial charge in [0.1, 0.15) is 11.3 Å². The second kappa shape index (κ2) is 9.85. The molecular weight excluding hydrogens is 524 g/mol. The van der Waals surface area contributed by atoms with Crippen molar-refractivity contribution in [2.45, 2.75) is 95.9 Å². The van der Waals surface area contributed by atoms with Crippen molar-refractivity contribution in [3.05, 3.63) is 41.5 Å². The van der Waals surface area contributed by atoms with Crippen molar-refractivity contribution < 1.29 is 41.0 Å². The lowest BCUT2D eigenvalue weighted by molar-refractivity contribution is -0.185. The Labute approximate surface area is 223 Å². The average Bonchev–Trinajstić information content (AvgIpc) is 3.67. The van der Waals surface area contributed by atoms with Crippen LogP contribution >= 0.6 is 0 Å². The van der Waals surface area contributed by atoms with Crippen molar-refractivity contribution in [1.29, 1.82) is 0 Å². The molecule has 0 spiro atoms. The monoisotopic (exact) mass is 557 g/mol. The summed E-state index contributed by atoms with van der Waals surface area (Å²) in [6.07, 6.45) is -7.34. The van der Waals surface area contributed by atoms with E-state index in [1.54, 1.807) is 18.2 Å². The maximum Gasteiger partial charge on any atom is 0.420 e. The number of hydrogen-bond donors (Lipinski definition) is 1. The molecule has 4 nitrogen and oxygen atoms in total. The Kier molecular flexibility index (Phi) is 7.09. The molecule has 5 rings (SSSR count). The van der Waals surface area contributed by atoms with Gasteiger partial charge in [-0.1, -0.05) is 32.0 Å². The maximum atomic E-state index is 14.2. The predicted octanol–water partition coefficient (Wildman–Crippen LogP) is 7.82. The predicted molar refractivity (Wildman–Crippen MR) is 133 cm³/mol. The van der Waals surface area contributed by atoms with Gasteiger partial charge in [-0.05, 0) is 78.8 Å². The second-order valence-electron chi connectivity index (χ2n) is 12.0. The molecule has 2 unspecified atom stereocenters. The molecule has 10 heteroatoms. The highest BCUT2D eigenvalue weighted by molar-refractivity contribution is 5.89. The lowest BCUT2D eigenvalue weighted by Crippen LogP contribution is -2.60. The van der Waals surface area contributed by atoms with E-state index in [1.807, 2.05) is 13.8 Å². The number of alkyl halides is 6. The van der Waals surface area contributed by atoms with Gasteiger partial charge in [-0.2, -0.15) is 26.3 Å². The molecule has 0 saturated heterocycles. The highest BCUT2D eigenvalue weighted by Gasteiger charge is 2.56. The fourth-order valence-electron chi connectivity index (χ4n) is 6.53. The van der Waals surface area contributed by atoms with E-state index in [0.717, 1.165) is 18.4 Å². The van der Waals surface area contributed by atoms with Crippen LogP contribution < -0.4 is 4.74 Å². The summed E-state index contributed by atoms with van der Waals surface area (Å²) in [5, 5.41) is 9.92. The van der Waals surface area contributed by atoms with Crippen molar-refractivity contribution in [3.8, 4) is 5.75 Å². The topological polar surface area (TPSA) is 49.8 Å². The van der Waals surface area contributed by atoms with Crippen LogP contribution in [-0.2, 0) is 17.5 Å². The van der Waals surface area contributed by atoms with Crippen molar-refractivity contribution >= 4 is 16.7 Å². The third-order valence-corrected chi connectivity index (χ3v) is 9.06. The molecular formula is C29H33F6NO3. The molecule has 39 heavy (non-hydrogen) atoms. The zero-order chi connectivity index (χ0) is 28.3. The van der Waals surface area contributed by atoms with Crippen molar-refractivity contribution in [1.82, 2.24) is 4.90 Å². The summed E-state index contributed by atoms with van der Waals surface area (Å²) in [5.41, 5.74) is -0.468. The van der Waals surface area contributed by atoms with Crippen LogP contribution in [-0.4, -0.2) is 40.3 Å². The minimum atomic E-state index is -4.71. The first-order chi connectivity index (χ1) is 18.2. The fraction of sp³-hybridized carbons (Fsp3) is 0.621. The molecule has 3 aliphatic carbocycles. The van der Waals surface area contributed by atoms with Gasteiger partial charge in [0.25, 0.3) is 0 Å². The summed E-state index contributed by atoms with van der Waals surface area (Å²) in [4.78, 5) is 13.9. The molecule has 2 aromatic rings. The number of halogens is 6. The number of carboxylic acids is 1. The minimum Gasteiger partial charge on any atom is -0.490 e. The number of ether oxygens (including phenoxy) is 1. The van der Waals surface area contributed by atoms with Gasteiger partial charge in [-0.25, -0.2) is 0 Å². The van der Waals surface area contributed by atoms with Crippen LogP contribution in [0.1, 0.15) is 69.9 Å². The Morgan fingerprint density at radius 3 is 2.21 bits per heavy atom. The Bertz CT molecular complexity index is 1230. The molecule has 1 N–H and O–H groups in total. The van der Waals surface area contributed by atoms with E-state index in [4.69, 9.17) is 4.74 Å². The van der Waals surface area contributed by atoms with Gasteiger partial charge in [-0.3, -0.25) is 9.69 Å². The Balaban J connectivity index is 1.37. The Hall–Kier alpha value is -2.49. The first-order valence-electron chi connectivity index (χ1n) is 13.5. The largest absolute Gasteiger partial charge is 0.490 e. The molecule has 0 aromatic heterocycles. The van der Waals surface area contributed by atoms with Gasteiger partial charge in [0, 0.05) is 18.6 Å². The number of carboxylic acid groups (broad SMARTS) is 1. The van der Waals surface area contributed by atoms with E-state index >= 15 is 0 Å². The first-order valence-corrected chi connectivity index (χ1v) is 13.5. The summed E-state index contributed by atoms with van der Waals surface area (Å²) >= 11 is 0. The van der Waals surface area contributed by atoms with E-state index in [1.165, 1.54) is 12.1 Å². The van der Waals surface area contributed by atoms with Crippen molar-refractivity contribution in [3.63, 3.8) is 0 Å². The SMILES string of the molecule is CC1(C)C(C(=O)O)CC1N(Cc1ccc2c(C(F)(F)F)c(OC3CCC(C(F)(F)F)CC3)ccc2c1)C1CC1. The molecule has 0 heterocycles. The number of nitrogens with zero attached hydrogens (tertiary/aromatic N) is 1. The molecule has 0 aliphatic heterocycles. The van der Waals surface area contributed by atoms with E-state index < -0.39 is 47.2 Å². The normalized spacial score (nSPS) is 27.4. The van der Waals surface area contributed by atoms with Gasteiger partial charge in [-0.15, -0.1) is 0 Å². The zero-order valence-electron chi connectivity index (χ0n) is 21.9. The lowest BCUT2D eigenvalue weighted by Gasteiger charge is -2.55. The summed E-state index contributed by atoms with van der Waals surface area (Å²) in [5.74, 6) is -3.01. The number of carbonyl (C=O) groups is 1. The molecule has 3 aliphatic rings.